The Morgan fingerprint density at radius 2 is 2.16 bits per heavy atom. The van der Waals surface area contributed by atoms with E-state index in [-0.39, 0.29) is 5.03 Å². The predicted molar refractivity (Wildman–Crippen MR) is 63.6 cm³/mol. The summed E-state index contributed by atoms with van der Waals surface area (Å²) < 4.78 is 26.8. The molecule has 19 heavy (non-hydrogen) atoms. The standard InChI is InChI=1S/C9H14N4O5S/c1-6(9(15)16)12-7(14)3-11-19(17,18)8-4-13(2)5-10-8/h4-6,11H,3H2,1-2H3,(H,12,14)(H,15,16). The zero-order valence-electron chi connectivity index (χ0n) is 10.3. The molecule has 1 atom stereocenters. The molecule has 1 heterocycles. The number of aromatic nitrogens is 2. The predicted octanol–water partition coefficient (Wildman–Crippen LogP) is -1.71. The molecule has 1 unspecified atom stereocenters. The van der Waals surface area contributed by atoms with E-state index in [1.807, 2.05) is 4.72 Å². The molecular formula is C9H14N4O5S. The summed E-state index contributed by atoms with van der Waals surface area (Å²) in [7, 11) is -2.28. The molecule has 0 aliphatic heterocycles. The number of aryl methyl sites for hydroxylation is 1. The van der Waals surface area contributed by atoms with Gasteiger partial charge in [0, 0.05) is 13.2 Å². The lowest BCUT2D eigenvalue weighted by molar-refractivity contribution is -0.141. The molecule has 0 saturated heterocycles. The van der Waals surface area contributed by atoms with Gasteiger partial charge in [-0.3, -0.25) is 9.59 Å². The number of carboxylic acid groups (broad SMARTS) is 1. The maximum absolute atomic E-state index is 11.7. The lowest BCUT2D eigenvalue weighted by Gasteiger charge is -2.09. The van der Waals surface area contributed by atoms with E-state index in [9.17, 15) is 18.0 Å². The number of sulfonamides is 1. The number of rotatable bonds is 6. The van der Waals surface area contributed by atoms with Crippen LogP contribution in [0.1, 0.15) is 6.92 Å². The minimum absolute atomic E-state index is 0.214. The first-order valence-electron chi connectivity index (χ1n) is 5.22. The highest BCUT2D eigenvalue weighted by Gasteiger charge is 2.19. The van der Waals surface area contributed by atoms with Gasteiger partial charge < -0.3 is 15.0 Å². The van der Waals surface area contributed by atoms with Gasteiger partial charge in [-0.15, -0.1) is 0 Å². The topological polar surface area (TPSA) is 130 Å². The molecule has 0 spiro atoms. The third kappa shape index (κ3) is 4.34. The largest absolute Gasteiger partial charge is 0.480 e. The fourth-order valence-electron chi connectivity index (χ4n) is 1.12. The molecule has 10 heteroatoms. The lowest BCUT2D eigenvalue weighted by Crippen LogP contribution is -2.44. The van der Waals surface area contributed by atoms with Gasteiger partial charge in [-0.05, 0) is 6.92 Å². The molecule has 0 aliphatic rings. The van der Waals surface area contributed by atoms with Crippen LogP contribution in [-0.2, 0) is 26.7 Å². The summed E-state index contributed by atoms with van der Waals surface area (Å²) in [5, 5.41) is 10.5. The van der Waals surface area contributed by atoms with Gasteiger partial charge in [0.2, 0.25) is 5.91 Å². The van der Waals surface area contributed by atoms with Crippen molar-refractivity contribution in [2.24, 2.45) is 7.05 Å². The highest BCUT2D eigenvalue weighted by Crippen LogP contribution is 2.02. The highest BCUT2D eigenvalue weighted by molar-refractivity contribution is 7.89. The highest BCUT2D eigenvalue weighted by atomic mass is 32.2. The Kier molecular flexibility index (Phi) is 4.62. The number of nitrogens with zero attached hydrogens (tertiary/aromatic N) is 2. The van der Waals surface area contributed by atoms with E-state index in [4.69, 9.17) is 5.11 Å². The average Bonchev–Trinajstić information content (AvgIpc) is 2.74. The van der Waals surface area contributed by atoms with Gasteiger partial charge in [0.05, 0.1) is 12.9 Å². The van der Waals surface area contributed by atoms with E-state index in [1.54, 1.807) is 7.05 Å². The molecular weight excluding hydrogens is 276 g/mol. The number of hydrogen-bond donors (Lipinski definition) is 3. The van der Waals surface area contributed by atoms with Crippen molar-refractivity contribution in [3.05, 3.63) is 12.5 Å². The number of carbonyl (C=O) groups excluding carboxylic acids is 1. The summed E-state index contributed by atoms with van der Waals surface area (Å²) in [4.78, 5) is 25.4. The monoisotopic (exact) mass is 290 g/mol. The van der Waals surface area contributed by atoms with Crippen LogP contribution < -0.4 is 10.0 Å². The molecule has 1 aromatic rings. The molecule has 9 nitrogen and oxygen atoms in total. The van der Waals surface area contributed by atoms with Gasteiger partial charge in [-0.2, -0.15) is 0 Å². The van der Waals surface area contributed by atoms with Crippen molar-refractivity contribution >= 4 is 21.9 Å². The van der Waals surface area contributed by atoms with E-state index in [1.165, 1.54) is 24.0 Å². The van der Waals surface area contributed by atoms with Gasteiger partial charge in [0.1, 0.15) is 6.04 Å². The maximum atomic E-state index is 11.7. The lowest BCUT2D eigenvalue weighted by atomic mass is 10.3. The number of nitrogens with one attached hydrogen (secondary N) is 2. The first-order valence-corrected chi connectivity index (χ1v) is 6.70. The zero-order chi connectivity index (χ0) is 14.6. The number of imidazole rings is 1. The van der Waals surface area contributed by atoms with Gasteiger partial charge >= 0.3 is 5.97 Å². The second-order valence-corrected chi connectivity index (χ2v) is 5.54. The van der Waals surface area contributed by atoms with Crippen LogP contribution in [0.15, 0.2) is 17.6 Å². The molecule has 1 rings (SSSR count). The Hall–Kier alpha value is -1.94. The average molecular weight is 290 g/mol. The number of amides is 1. The van der Waals surface area contributed by atoms with Crippen molar-refractivity contribution in [2.75, 3.05) is 6.54 Å². The molecule has 0 bridgehead atoms. The quantitative estimate of drug-likeness (QED) is 0.571. The van der Waals surface area contributed by atoms with E-state index in [0.29, 0.717) is 0 Å². The van der Waals surface area contributed by atoms with Gasteiger partial charge in [-0.1, -0.05) is 0 Å². The third-order valence-electron chi connectivity index (χ3n) is 2.13. The van der Waals surface area contributed by atoms with Crippen molar-refractivity contribution in [1.82, 2.24) is 19.6 Å². The fourth-order valence-corrected chi connectivity index (χ4v) is 2.08. The van der Waals surface area contributed by atoms with E-state index < -0.39 is 34.5 Å². The van der Waals surface area contributed by atoms with E-state index in [0.717, 1.165) is 0 Å². The SMILES string of the molecule is CC(NC(=O)CNS(=O)(=O)c1cn(C)cn1)C(=O)O. The molecule has 1 aromatic heterocycles. The fraction of sp³-hybridized carbons (Fsp3) is 0.444. The Morgan fingerprint density at radius 3 is 2.63 bits per heavy atom. The number of carbonyl (C=O) groups is 2. The van der Waals surface area contributed by atoms with Crippen LogP contribution in [0.3, 0.4) is 0 Å². The number of carboxylic acids is 1. The molecule has 0 aromatic carbocycles. The van der Waals surface area contributed by atoms with Crippen molar-refractivity contribution < 1.29 is 23.1 Å². The van der Waals surface area contributed by atoms with Gasteiger partial charge in [0.25, 0.3) is 10.0 Å². The van der Waals surface area contributed by atoms with Crippen molar-refractivity contribution in [1.29, 1.82) is 0 Å². The Morgan fingerprint density at radius 1 is 1.53 bits per heavy atom. The maximum Gasteiger partial charge on any atom is 0.325 e. The molecule has 0 saturated carbocycles. The second-order valence-electron chi connectivity index (χ2n) is 3.83. The molecule has 0 radical (unpaired) electrons. The first-order chi connectivity index (χ1) is 8.72. The Labute approximate surface area is 109 Å². The summed E-state index contributed by atoms with van der Waals surface area (Å²) in [5.41, 5.74) is 0. The smallest absolute Gasteiger partial charge is 0.325 e. The van der Waals surface area contributed by atoms with Crippen LogP contribution in [0.4, 0.5) is 0 Å². The van der Waals surface area contributed by atoms with Crippen molar-refractivity contribution in [3.8, 4) is 0 Å². The van der Waals surface area contributed by atoms with Gasteiger partial charge in [0.15, 0.2) is 5.03 Å². The van der Waals surface area contributed by atoms with Crippen LogP contribution >= 0.6 is 0 Å². The summed E-state index contributed by atoms with van der Waals surface area (Å²) in [6.45, 7) is 0.712. The van der Waals surface area contributed by atoms with Crippen molar-refractivity contribution in [2.45, 2.75) is 18.0 Å². The van der Waals surface area contributed by atoms with Crippen LogP contribution in [0.2, 0.25) is 0 Å². The zero-order valence-corrected chi connectivity index (χ0v) is 11.1. The minimum Gasteiger partial charge on any atom is -0.480 e. The van der Waals surface area contributed by atoms with Crippen LogP contribution in [0, 0.1) is 0 Å². The normalized spacial score (nSPS) is 12.9. The van der Waals surface area contributed by atoms with Crippen molar-refractivity contribution in [3.63, 3.8) is 0 Å². The summed E-state index contributed by atoms with van der Waals surface area (Å²) >= 11 is 0. The first kappa shape index (κ1) is 15.1. The Balaban J connectivity index is 2.57. The van der Waals surface area contributed by atoms with Crippen LogP contribution in [0.5, 0.6) is 0 Å². The third-order valence-corrected chi connectivity index (χ3v) is 3.41. The minimum atomic E-state index is -3.88. The molecule has 1 amide bonds. The van der Waals surface area contributed by atoms with Crippen LogP contribution in [-0.4, -0.2) is 47.5 Å². The molecule has 3 N–H and O–H groups in total. The van der Waals surface area contributed by atoms with E-state index in [2.05, 4.69) is 10.3 Å². The van der Waals surface area contributed by atoms with Crippen LogP contribution in [0.25, 0.3) is 0 Å². The van der Waals surface area contributed by atoms with E-state index >= 15 is 0 Å². The number of hydrogen-bond acceptors (Lipinski definition) is 5. The summed E-state index contributed by atoms with van der Waals surface area (Å²) in [5.74, 6) is -1.95. The number of aliphatic carboxylic acids is 1. The molecule has 0 fully saturated rings. The molecule has 106 valence electrons. The summed E-state index contributed by atoms with van der Waals surface area (Å²) in [6.07, 6.45) is 2.58. The summed E-state index contributed by atoms with van der Waals surface area (Å²) in [6, 6.07) is -1.09. The molecule has 0 aliphatic carbocycles. The van der Waals surface area contributed by atoms with Gasteiger partial charge in [-0.25, -0.2) is 18.1 Å². The second kappa shape index (κ2) is 5.80. The Bertz CT molecular complexity index is 579.